The molecule has 0 aromatic heterocycles. The standard InChI is InChI=1S/C13H24N2/c1-3-10-15(11-4-2)12-13(14)8-6-5-7-9-13/h3-4H,1-2,5-12,14H2. The van der Waals surface area contributed by atoms with Crippen LogP contribution >= 0.6 is 0 Å². The Morgan fingerprint density at radius 2 is 1.60 bits per heavy atom. The van der Waals surface area contributed by atoms with E-state index in [4.69, 9.17) is 5.73 Å². The molecule has 0 atom stereocenters. The molecule has 86 valence electrons. The maximum atomic E-state index is 6.41. The Morgan fingerprint density at radius 3 is 2.07 bits per heavy atom. The molecule has 0 spiro atoms. The van der Waals surface area contributed by atoms with Crippen molar-refractivity contribution in [3.05, 3.63) is 25.3 Å². The van der Waals surface area contributed by atoms with Crippen molar-refractivity contribution in [3.63, 3.8) is 0 Å². The number of nitrogens with two attached hydrogens (primary N) is 1. The van der Waals surface area contributed by atoms with Crippen molar-refractivity contribution in [1.29, 1.82) is 0 Å². The molecule has 0 aromatic carbocycles. The maximum absolute atomic E-state index is 6.41. The van der Waals surface area contributed by atoms with Gasteiger partial charge in [-0.2, -0.15) is 0 Å². The van der Waals surface area contributed by atoms with E-state index >= 15 is 0 Å². The van der Waals surface area contributed by atoms with Gasteiger partial charge in [0.25, 0.3) is 0 Å². The van der Waals surface area contributed by atoms with Crippen LogP contribution in [0.15, 0.2) is 25.3 Å². The van der Waals surface area contributed by atoms with Crippen LogP contribution in [0.25, 0.3) is 0 Å². The Bertz CT molecular complexity index is 195. The fourth-order valence-corrected chi connectivity index (χ4v) is 2.43. The van der Waals surface area contributed by atoms with Crippen molar-refractivity contribution in [2.24, 2.45) is 5.73 Å². The van der Waals surface area contributed by atoms with Gasteiger partial charge in [0.2, 0.25) is 0 Å². The van der Waals surface area contributed by atoms with Gasteiger partial charge in [-0.15, -0.1) is 13.2 Å². The van der Waals surface area contributed by atoms with Crippen molar-refractivity contribution in [3.8, 4) is 0 Å². The molecule has 1 saturated carbocycles. The number of rotatable bonds is 6. The van der Waals surface area contributed by atoms with Gasteiger partial charge in [-0.05, 0) is 12.8 Å². The number of nitrogens with zero attached hydrogens (tertiary/aromatic N) is 1. The van der Waals surface area contributed by atoms with Crippen LogP contribution in [0, 0.1) is 0 Å². The van der Waals surface area contributed by atoms with Gasteiger partial charge in [0.1, 0.15) is 0 Å². The predicted octanol–water partition coefficient (Wildman–Crippen LogP) is 2.32. The monoisotopic (exact) mass is 208 g/mol. The number of hydrogen-bond acceptors (Lipinski definition) is 2. The molecule has 0 heterocycles. The van der Waals surface area contributed by atoms with Crippen LogP contribution in [0.4, 0.5) is 0 Å². The molecular formula is C13H24N2. The summed E-state index contributed by atoms with van der Waals surface area (Å²) in [5.41, 5.74) is 6.44. The average Bonchev–Trinajstić information content (AvgIpc) is 2.19. The van der Waals surface area contributed by atoms with Gasteiger partial charge in [-0.25, -0.2) is 0 Å². The smallest absolute Gasteiger partial charge is 0.0283 e. The molecular weight excluding hydrogens is 184 g/mol. The van der Waals surface area contributed by atoms with Crippen molar-refractivity contribution >= 4 is 0 Å². The Balaban J connectivity index is 2.46. The lowest BCUT2D eigenvalue weighted by atomic mass is 9.82. The molecule has 15 heavy (non-hydrogen) atoms. The van der Waals surface area contributed by atoms with E-state index in [1.165, 1.54) is 19.3 Å². The first kappa shape index (κ1) is 12.5. The molecule has 0 bridgehead atoms. The summed E-state index contributed by atoms with van der Waals surface area (Å²) in [4.78, 5) is 2.32. The first-order valence-corrected chi connectivity index (χ1v) is 5.93. The summed E-state index contributed by atoms with van der Waals surface area (Å²) in [6.07, 6.45) is 10.1. The third kappa shape index (κ3) is 4.18. The Kier molecular flexibility index (Phi) is 5.06. The highest BCUT2D eigenvalue weighted by Crippen LogP contribution is 2.26. The number of hydrogen-bond donors (Lipinski definition) is 1. The van der Waals surface area contributed by atoms with E-state index in [0.29, 0.717) is 0 Å². The summed E-state index contributed by atoms with van der Waals surface area (Å²) in [6, 6.07) is 0. The molecule has 2 heteroatoms. The highest BCUT2D eigenvalue weighted by molar-refractivity contribution is 4.93. The second-order valence-electron chi connectivity index (χ2n) is 4.69. The van der Waals surface area contributed by atoms with E-state index < -0.39 is 0 Å². The van der Waals surface area contributed by atoms with Crippen molar-refractivity contribution < 1.29 is 0 Å². The molecule has 1 fully saturated rings. The van der Waals surface area contributed by atoms with Crippen LogP contribution in [0.5, 0.6) is 0 Å². The molecule has 2 N–H and O–H groups in total. The summed E-state index contributed by atoms with van der Waals surface area (Å²) in [6.45, 7) is 10.4. The van der Waals surface area contributed by atoms with Crippen LogP contribution in [-0.2, 0) is 0 Å². The zero-order valence-electron chi connectivity index (χ0n) is 9.75. The third-order valence-corrected chi connectivity index (χ3v) is 3.16. The average molecular weight is 208 g/mol. The quantitative estimate of drug-likeness (QED) is 0.679. The lowest BCUT2D eigenvalue weighted by Crippen LogP contribution is -2.51. The van der Waals surface area contributed by atoms with Crippen LogP contribution in [0.2, 0.25) is 0 Å². The summed E-state index contributed by atoms with van der Waals surface area (Å²) >= 11 is 0. The van der Waals surface area contributed by atoms with E-state index in [1.54, 1.807) is 0 Å². The fraction of sp³-hybridized carbons (Fsp3) is 0.692. The van der Waals surface area contributed by atoms with Crippen molar-refractivity contribution in [2.45, 2.75) is 37.6 Å². The molecule has 1 aliphatic rings. The third-order valence-electron chi connectivity index (χ3n) is 3.16. The maximum Gasteiger partial charge on any atom is 0.0283 e. The summed E-state index contributed by atoms with van der Waals surface area (Å²) < 4.78 is 0. The zero-order valence-corrected chi connectivity index (χ0v) is 9.75. The van der Waals surface area contributed by atoms with Gasteiger partial charge in [-0.3, -0.25) is 4.90 Å². The summed E-state index contributed by atoms with van der Waals surface area (Å²) in [5, 5.41) is 0. The highest BCUT2D eigenvalue weighted by atomic mass is 15.1. The topological polar surface area (TPSA) is 29.3 Å². The Labute approximate surface area is 93.8 Å². The molecule has 2 nitrogen and oxygen atoms in total. The molecule has 0 aliphatic heterocycles. The molecule has 0 unspecified atom stereocenters. The van der Waals surface area contributed by atoms with Gasteiger partial charge < -0.3 is 5.73 Å². The Morgan fingerprint density at radius 1 is 1.07 bits per heavy atom. The second kappa shape index (κ2) is 6.09. The van der Waals surface area contributed by atoms with Gasteiger partial charge in [0.15, 0.2) is 0 Å². The SMILES string of the molecule is C=CCN(CC=C)CC1(N)CCCCC1. The van der Waals surface area contributed by atoms with Gasteiger partial charge in [-0.1, -0.05) is 31.4 Å². The molecule has 0 saturated heterocycles. The fourth-order valence-electron chi connectivity index (χ4n) is 2.43. The van der Waals surface area contributed by atoms with E-state index in [9.17, 15) is 0 Å². The summed E-state index contributed by atoms with van der Waals surface area (Å²) in [7, 11) is 0. The lowest BCUT2D eigenvalue weighted by molar-refractivity contribution is 0.196. The van der Waals surface area contributed by atoms with Crippen LogP contribution in [0.3, 0.4) is 0 Å². The molecule has 1 aliphatic carbocycles. The molecule has 0 amide bonds. The predicted molar refractivity (Wildman–Crippen MR) is 66.8 cm³/mol. The van der Waals surface area contributed by atoms with Crippen LogP contribution < -0.4 is 5.73 Å². The van der Waals surface area contributed by atoms with Crippen LogP contribution in [-0.4, -0.2) is 30.1 Å². The molecule has 1 rings (SSSR count). The first-order valence-electron chi connectivity index (χ1n) is 5.93. The zero-order chi connectivity index (χ0) is 11.1. The summed E-state index contributed by atoms with van der Waals surface area (Å²) in [5.74, 6) is 0. The van der Waals surface area contributed by atoms with E-state index in [2.05, 4.69) is 18.1 Å². The minimum absolute atomic E-state index is 0.0320. The van der Waals surface area contributed by atoms with Crippen LogP contribution in [0.1, 0.15) is 32.1 Å². The largest absolute Gasteiger partial charge is 0.324 e. The van der Waals surface area contributed by atoms with Gasteiger partial charge in [0, 0.05) is 25.2 Å². The highest BCUT2D eigenvalue weighted by Gasteiger charge is 2.28. The minimum atomic E-state index is 0.0320. The molecule has 0 radical (unpaired) electrons. The van der Waals surface area contributed by atoms with E-state index in [-0.39, 0.29) is 5.54 Å². The Hall–Kier alpha value is -0.600. The van der Waals surface area contributed by atoms with Crippen molar-refractivity contribution in [2.75, 3.05) is 19.6 Å². The van der Waals surface area contributed by atoms with E-state index in [0.717, 1.165) is 32.5 Å². The first-order chi connectivity index (χ1) is 7.20. The van der Waals surface area contributed by atoms with Gasteiger partial charge >= 0.3 is 0 Å². The minimum Gasteiger partial charge on any atom is -0.324 e. The van der Waals surface area contributed by atoms with Gasteiger partial charge in [0.05, 0.1) is 0 Å². The second-order valence-corrected chi connectivity index (χ2v) is 4.69. The van der Waals surface area contributed by atoms with Crippen molar-refractivity contribution in [1.82, 2.24) is 4.90 Å². The normalized spacial score (nSPS) is 20.1. The molecule has 0 aromatic rings. The van der Waals surface area contributed by atoms with E-state index in [1.807, 2.05) is 12.2 Å². The lowest BCUT2D eigenvalue weighted by Gasteiger charge is -2.37.